The van der Waals surface area contributed by atoms with Crippen LogP contribution in [0.4, 0.5) is 13.2 Å². The molecular formula is C13H15Cl2F3N2O2S. The smallest absolute Gasteiger partial charge is 0.313 e. The lowest BCUT2D eigenvalue weighted by atomic mass is 10.1. The highest BCUT2D eigenvalue weighted by Gasteiger charge is 2.37. The third-order valence-corrected chi connectivity index (χ3v) is 4.88. The van der Waals surface area contributed by atoms with Gasteiger partial charge in [0, 0.05) is 18.1 Å². The van der Waals surface area contributed by atoms with Crippen molar-refractivity contribution >= 4 is 34.0 Å². The molecule has 0 aromatic heterocycles. The lowest BCUT2D eigenvalue weighted by Crippen LogP contribution is -2.31. The Labute approximate surface area is 143 Å². The second kappa shape index (κ2) is 7.85. The van der Waals surface area contributed by atoms with Crippen LogP contribution in [0, 0.1) is 0 Å². The zero-order valence-corrected chi connectivity index (χ0v) is 14.2. The summed E-state index contributed by atoms with van der Waals surface area (Å²) < 4.78 is 65.5. The van der Waals surface area contributed by atoms with Crippen LogP contribution in [0.15, 0.2) is 34.7 Å². The van der Waals surface area contributed by atoms with Crippen LogP contribution in [0.5, 0.6) is 0 Å². The summed E-state index contributed by atoms with van der Waals surface area (Å²) in [6, 6.07) is 2.60. The monoisotopic (exact) mass is 390 g/mol. The molecule has 23 heavy (non-hydrogen) atoms. The van der Waals surface area contributed by atoms with Crippen molar-refractivity contribution in [2.45, 2.75) is 17.5 Å². The molecular weight excluding hydrogens is 376 g/mol. The van der Waals surface area contributed by atoms with Crippen LogP contribution in [0.25, 0.3) is 0 Å². The summed E-state index contributed by atoms with van der Waals surface area (Å²) in [6.45, 7) is 1.32. The zero-order chi connectivity index (χ0) is 16.4. The van der Waals surface area contributed by atoms with E-state index in [1.807, 2.05) is 6.08 Å². The molecule has 1 aliphatic heterocycles. The standard InChI is InChI=1S/C13H14ClF3N2O2S.ClH/c14-10-1-2-12(11(7-10)13(15,16)17)22(20,21)19-8-9-3-5-18-6-4-9;/h1-3,7,18-19H,4-6,8H2;1H. The van der Waals surface area contributed by atoms with Gasteiger partial charge < -0.3 is 5.32 Å². The predicted octanol–water partition coefficient (Wildman–Crippen LogP) is 2.98. The van der Waals surface area contributed by atoms with Gasteiger partial charge in [0.2, 0.25) is 10.0 Å². The number of hydrogen-bond acceptors (Lipinski definition) is 3. The van der Waals surface area contributed by atoms with Crippen LogP contribution >= 0.6 is 24.0 Å². The maximum Gasteiger partial charge on any atom is 0.417 e. The summed E-state index contributed by atoms with van der Waals surface area (Å²) in [5, 5.41) is 2.89. The molecule has 130 valence electrons. The van der Waals surface area contributed by atoms with Gasteiger partial charge >= 0.3 is 6.18 Å². The minimum Gasteiger partial charge on any atom is -0.313 e. The Morgan fingerprint density at radius 2 is 2.00 bits per heavy atom. The zero-order valence-electron chi connectivity index (χ0n) is 11.8. The maximum atomic E-state index is 13.0. The largest absolute Gasteiger partial charge is 0.417 e. The quantitative estimate of drug-likeness (QED) is 0.776. The lowest BCUT2D eigenvalue weighted by Gasteiger charge is -2.17. The normalized spacial score (nSPS) is 15.7. The highest BCUT2D eigenvalue weighted by molar-refractivity contribution is 7.89. The van der Waals surface area contributed by atoms with E-state index < -0.39 is 26.7 Å². The van der Waals surface area contributed by atoms with Gasteiger partial charge in [-0.1, -0.05) is 23.3 Å². The average Bonchev–Trinajstić information content (AvgIpc) is 2.45. The minimum atomic E-state index is -4.80. The van der Waals surface area contributed by atoms with Crippen molar-refractivity contribution in [3.8, 4) is 0 Å². The van der Waals surface area contributed by atoms with Gasteiger partial charge in [0.25, 0.3) is 0 Å². The summed E-state index contributed by atoms with van der Waals surface area (Å²) in [4.78, 5) is -0.820. The van der Waals surface area contributed by atoms with E-state index in [-0.39, 0.29) is 24.0 Å². The lowest BCUT2D eigenvalue weighted by molar-refractivity contribution is -0.139. The van der Waals surface area contributed by atoms with Crippen LogP contribution < -0.4 is 10.0 Å². The summed E-state index contributed by atoms with van der Waals surface area (Å²) in [5.41, 5.74) is -0.434. The Kier molecular flexibility index (Phi) is 6.91. The summed E-state index contributed by atoms with van der Waals surface area (Å²) in [7, 11) is -4.28. The van der Waals surface area contributed by atoms with E-state index in [9.17, 15) is 21.6 Å². The van der Waals surface area contributed by atoms with E-state index in [1.165, 1.54) is 0 Å². The van der Waals surface area contributed by atoms with Crippen LogP contribution in [0.1, 0.15) is 12.0 Å². The van der Waals surface area contributed by atoms with Crippen molar-refractivity contribution in [3.63, 3.8) is 0 Å². The number of benzene rings is 1. The Morgan fingerprint density at radius 1 is 1.30 bits per heavy atom. The summed E-state index contributed by atoms with van der Waals surface area (Å²) in [6.07, 6.45) is -2.34. The van der Waals surface area contributed by atoms with Crippen LogP contribution in [-0.4, -0.2) is 28.1 Å². The molecule has 0 atom stereocenters. The Morgan fingerprint density at radius 3 is 2.57 bits per heavy atom. The van der Waals surface area contributed by atoms with Crippen molar-refractivity contribution in [3.05, 3.63) is 40.4 Å². The van der Waals surface area contributed by atoms with E-state index in [4.69, 9.17) is 11.6 Å². The third-order valence-electron chi connectivity index (χ3n) is 3.18. The maximum absolute atomic E-state index is 13.0. The molecule has 0 saturated heterocycles. The van der Waals surface area contributed by atoms with E-state index in [2.05, 4.69) is 10.0 Å². The molecule has 0 radical (unpaired) electrons. The van der Waals surface area contributed by atoms with Crippen molar-refractivity contribution < 1.29 is 21.6 Å². The fourth-order valence-corrected chi connectivity index (χ4v) is 3.47. The Bertz CT molecular complexity index is 691. The van der Waals surface area contributed by atoms with Gasteiger partial charge in [0.1, 0.15) is 0 Å². The van der Waals surface area contributed by atoms with Crippen molar-refractivity contribution in [1.29, 1.82) is 0 Å². The topological polar surface area (TPSA) is 58.2 Å². The first-order valence-corrected chi connectivity index (χ1v) is 8.31. The molecule has 0 aliphatic carbocycles. The average molecular weight is 391 g/mol. The van der Waals surface area contributed by atoms with E-state index >= 15 is 0 Å². The molecule has 1 heterocycles. The Hall–Kier alpha value is -0.800. The molecule has 0 unspecified atom stereocenters. The predicted molar refractivity (Wildman–Crippen MR) is 84.5 cm³/mol. The van der Waals surface area contributed by atoms with E-state index in [0.29, 0.717) is 25.6 Å². The highest BCUT2D eigenvalue weighted by Crippen LogP contribution is 2.35. The van der Waals surface area contributed by atoms with Gasteiger partial charge in [-0.2, -0.15) is 13.2 Å². The van der Waals surface area contributed by atoms with Gasteiger partial charge in [-0.15, -0.1) is 12.4 Å². The van der Waals surface area contributed by atoms with Crippen molar-refractivity contribution in [2.75, 3.05) is 19.6 Å². The first-order valence-electron chi connectivity index (χ1n) is 6.45. The number of halogens is 5. The number of alkyl halides is 3. The highest BCUT2D eigenvalue weighted by atomic mass is 35.5. The molecule has 1 aromatic carbocycles. The third kappa shape index (κ3) is 5.36. The van der Waals surface area contributed by atoms with Gasteiger partial charge in [-0.05, 0) is 31.2 Å². The molecule has 1 aliphatic rings. The summed E-state index contributed by atoms with van der Waals surface area (Å²) in [5.74, 6) is 0. The first-order chi connectivity index (χ1) is 10.2. The van der Waals surface area contributed by atoms with Gasteiger partial charge in [0.05, 0.1) is 10.5 Å². The SMILES string of the molecule is Cl.O=S(=O)(NCC1=CCNCC1)c1ccc(Cl)cc1C(F)(F)F. The molecule has 0 amide bonds. The second-order valence-electron chi connectivity index (χ2n) is 4.78. The Balaban J connectivity index is 0.00000264. The molecule has 0 spiro atoms. The minimum absolute atomic E-state index is 0. The molecule has 0 saturated carbocycles. The fraction of sp³-hybridized carbons (Fsp3) is 0.385. The fourth-order valence-electron chi connectivity index (χ4n) is 2.05. The molecule has 1 aromatic rings. The van der Waals surface area contributed by atoms with Crippen LogP contribution in [-0.2, 0) is 16.2 Å². The number of hydrogen-bond donors (Lipinski definition) is 2. The summed E-state index contributed by atoms with van der Waals surface area (Å²) >= 11 is 5.54. The number of rotatable bonds is 4. The van der Waals surface area contributed by atoms with Crippen LogP contribution in [0.2, 0.25) is 5.02 Å². The molecule has 2 N–H and O–H groups in total. The molecule has 4 nitrogen and oxygen atoms in total. The molecule has 0 bridgehead atoms. The molecule has 10 heteroatoms. The number of nitrogens with one attached hydrogen (secondary N) is 2. The van der Waals surface area contributed by atoms with Crippen LogP contribution in [0.3, 0.4) is 0 Å². The van der Waals surface area contributed by atoms with Crippen molar-refractivity contribution in [1.82, 2.24) is 10.0 Å². The second-order valence-corrected chi connectivity index (χ2v) is 6.95. The van der Waals surface area contributed by atoms with Gasteiger partial charge in [-0.3, -0.25) is 0 Å². The van der Waals surface area contributed by atoms with E-state index in [1.54, 1.807) is 0 Å². The first kappa shape index (κ1) is 20.2. The van der Waals surface area contributed by atoms with E-state index in [0.717, 1.165) is 17.7 Å². The van der Waals surface area contributed by atoms with Gasteiger partial charge in [-0.25, -0.2) is 13.1 Å². The molecule has 2 rings (SSSR count). The van der Waals surface area contributed by atoms with Crippen molar-refractivity contribution in [2.24, 2.45) is 0 Å². The molecule has 0 fully saturated rings. The number of sulfonamides is 1. The van der Waals surface area contributed by atoms with Gasteiger partial charge in [0.15, 0.2) is 0 Å².